The van der Waals surface area contributed by atoms with E-state index < -0.39 is 29.8 Å². The van der Waals surface area contributed by atoms with E-state index in [9.17, 15) is 19.1 Å². The summed E-state index contributed by atoms with van der Waals surface area (Å²) in [5.41, 5.74) is 2.55. The highest BCUT2D eigenvalue weighted by Gasteiger charge is 2.29. The molecular weight excluding hydrogens is 445 g/mol. The van der Waals surface area contributed by atoms with E-state index in [0.717, 1.165) is 30.4 Å². The van der Waals surface area contributed by atoms with Crippen LogP contribution in [0.15, 0.2) is 78.9 Å². The van der Waals surface area contributed by atoms with E-state index >= 15 is 0 Å². The van der Waals surface area contributed by atoms with Gasteiger partial charge >= 0.3 is 0 Å². The molecule has 0 saturated carbocycles. The summed E-state index contributed by atoms with van der Waals surface area (Å²) in [5, 5.41) is 19.5. The van der Waals surface area contributed by atoms with E-state index in [-0.39, 0.29) is 17.6 Å². The first kappa shape index (κ1) is 24.6. The van der Waals surface area contributed by atoms with Crippen molar-refractivity contribution in [1.82, 2.24) is 10.6 Å². The van der Waals surface area contributed by atoms with Crippen molar-refractivity contribution in [2.24, 2.45) is 0 Å². The molecule has 35 heavy (non-hydrogen) atoms. The molecule has 1 unspecified atom stereocenters. The molecule has 6 nitrogen and oxygen atoms in total. The van der Waals surface area contributed by atoms with Crippen molar-refractivity contribution >= 4 is 17.5 Å². The van der Waals surface area contributed by atoms with Crippen molar-refractivity contribution < 1.29 is 19.1 Å². The number of aliphatic hydroxyl groups excluding tert-OH is 1. The van der Waals surface area contributed by atoms with Crippen molar-refractivity contribution in [3.63, 3.8) is 0 Å². The van der Waals surface area contributed by atoms with E-state index in [1.165, 1.54) is 18.2 Å². The van der Waals surface area contributed by atoms with Gasteiger partial charge in [-0.25, -0.2) is 4.39 Å². The maximum atomic E-state index is 13.8. The molecule has 2 amide bonds. The third kappa shape index (κ3) is 6.32. The highest BCUT2D eigenvalue weighted by molar-refractivity contribution is 6.01. The molecule has 3 aromatic rings. The van der Waals surface area contributed by atoms with Crippen LogP contribution in [0.2, 0.25) is 0 Å². The number of amides is 2. The van der Waals surface area contributed by atoms with Crippen molar-refractivity contribution in [3.05, 3.63) is 101 Å². The normalized spacial score (nSPS) is 19.1. The lowest BCUT2D eigenvalue weighted by molar-refractivity contribution is -0.117. The largest absolute Gasteiger partial charge is 0.387 e. The number of hydrogen-bond donors (Lipinski definition) is 4. The van der Waals surface area contributed by atoms with Gasteiger partial charge in [0.1, 0.15) is 11.9 Å². The van der Waals surface area contributed by atoms with Crippen LogP contribution in [-0.4, -0.2) is 35.0 Å². The van der Waals surface area contributed by atoms with Gasteiger partial charge in [-0.3, -0.25) is 9.59 Å². The second-order valence-electron chi connectivity index (χ2n) is 8.97. The van der Waals surface area contributed by atoms with Crippen LogP contribution in [0.4, 0.5) is 10.1 Å². The van der Waals surface area contributed by atoms with Gasteiger partial charge in [-0.05, 0) is 61.6 Å². The van der Waals surface area contributed by atoms with Crippen LogP contribution in [0.5, 0.6) is 0 Å². The molecule has 0 radical (unpaired) electrons. The van der Waals surface area contributed by atoms with Crippen LogP contribution < -0.4 is 16.0 Å². The number of nitrogens with one attached hydrogen (secondary N) is 3. The number of hydrogen-bond acceptors (Lipinski definition) is 4. The Morgan fingerprint density at radius 3 is 2.40 bits per heavy atom. The van der Waals surface area contributed by atoms with E-state index in [0.29, 0.717) is 5.69 Å². The predicted molar refractivity (Wildman–Crippen MR) is 133 cm³/mol. The molecule has 4 rings (SSSR count). The maximum absolute atomic E-state index is 13.8. The minimum Gasteiger partial charge on any atom is -0.387 e. The Morgan fingerprint density at radius 2 is 1.69 bits per heavy atom. The van der Waals surface area contributed by atoms with Gasteiger partial charge in [0.05, 0.1) is 11.7 Å². The van der Waals surface area contributed by atoms with Crippen molar-refractivity contribution in [1.29, 1.82) is 0 Å². The number of halogens is 1. The number of rotatable bonds is 8. The van der Waals surface area contributed by atoms with Crippen LogP contribution >= 0.6 is 0 Å². The van der Waals surface area contributed by atoms with E-state index in [1.54, 1.807) is 13.0 Å². The van der Waals surface area contributed by atoms with Crippen LogP contribution in [-0.2, 0) is 11.2 Å². The van der Waals surface area contributed by atoms with Crippen molar-refractivity contribution in [3.8, 4) is 0 Å². The summed E-state index contributed by atoms with van der Waals surface area (Å²) in [4.78, 5) is 24.7. The Kier molecular flexibility index (Phi) is 7.90. The molecule has 1 heterocycles. The molecule has 4 atom stereocenters. The van der Waals surface area contributed by atoms with Crippen LogP contribution in [0.3, 0.4) is 0 Å². The van der Waals surface area contributed by atoms with Crippen molar-refractivity contribution in [2.75, 3.05) is 5.32 Å². The van der Waals surface area contributed by atoms with E-state index in [1.807, 2.05) is 54.6 Å². The second-order valence-corrected chi connectivity index (χ2v) is 8.97. The zero-order valence-corrected chi connectivity index (χ0v) is 19.6. The molecule has 1 saturated heterocycles. The molecule has 1 aliphatic heterocycles. The Morgan fingerprint density at radius 1 is 1.00 bits per heavy atom. The first-order valence-corrected chi connectivity index (χ1v) is 11.8. The van der Waals surface area contributed by atoms with E-state index in [4.69, 9.17) is 0 Å². The second kappa shape index (κ2) is 11.3. The molecule has 1 aliphatic rings. The fraction of sp³-hybridized carbons (Fsp3) is 0.286. The van der Waals surface area contributed by atoms with Crippen molar-refractivity contribution in [2.45, 2.75) is 50.4 Å². The number of benzene rings is 3. The Balaban J connectivity index is 1.26. The van der Waals surface area contributed by atoms with Crippen LogP contribution in [0.1, 0.15) is 47.4 Å². The third-order valence-corrected chi connectivity index (χ3v) is 6.36. The Hall–Kier alpha value is -3.55. The summed E-state index contributed by atoms with van der Waals surface area (Å²) in [6.07, 6.45) is 2.18. The van der Waals surface area contributed by atoms with Crippen LogP contribution in [0, 0.1) is 5.82 Å². The lowest BCUT2D eigenvalue weighted by Crippen LogP contribution is -2.41. The van der Waals surface area contributed by atoms with Gasteiger partial charge in [-0.1, -0.05) is 54.6 Å². The first-order valence-electron chi connectivity index (χ1n) is 11.8. The first-order chi connectivity index (χ1) is 16.9. The number of anilines is 1. The molecule has 182 valence electrons. The summed E-state index contributed by atoms with van der Waals surface area (Å²) in [5.74, 6) is -1.66. The number of carbonyl (C=O) groups excluding carboxylic acids is 2. The highest BCUT2D eigenvalue weighted by atomic mass is 19.1. The van der Waals surface area contributed by atoms with Gasteiger partial charge in [0.2, 0.25) is 5.91 Å². The molecule has 7 heteroatoms. The van der Waals surface area contributed by atoms with Gasteiger partial charge in [-0.2, -0.15) is 0 Å². The minimum absolute atomic E-state index is 0.0296. The molecule has 3 aromatic carbocycles. The van der Waals surface area contributed by atoms with E-state index in [2.05, 4.69) is 16.0 Å². The number of aliphatic hydroxyl groups is 1. The topological polar surface area (TPSA) is 90.5 Å². The maximum Gasteiger partial charge on any atom is 0.254 e. The highest BCUT2D eigenvalue weighted by Crippen LogP contribution is 2.27. The molecule has 4 N–H and O–H groups in total. The van der Waals surface area contributed by atoms with Gasteiger partial charge < -0.3 is 21.1 Å². The fourth-order valence-electron chi connectivity index (χ4n) is 4.39. The molecule has 0 spiro atoms. The molecular formula is C28H30FN3O3. The van der Waals surface area contributed by atoms with Gasteiger partial charge in [0.15, 0.2) is 0 Å². The standard InChI is InChI=1S/C28H30FN3O3/c1-18(30-28(35)23-9-5-6-10-24(23)29)27(34)32-21-13-11-19(12-14-21)17-22-15-16-25(31-22)26(33)20-7-3-2-4-8-20/h2-14,18,22,25-26,31,33H,15-17H2,1H3,(H,30,35)(H,32,34)/t18-,22-,25+,26?/m0/s1. The smallest absolute Gasteiger partial charge is 0.254 e. The summed E-state index contributed by atoms with van der Waals surface area (Å²) in [6.45, 7) is 1.55. The minimum atomic E-state index is -0.836. The Labute approximate surface area is 204 Å². The molecule has 0 aliphatic carbocycles. The van der Waals surface area contributed by atoms with Gasteiger partial charge in [0, 0.05) is 17.8 Å². The Bertz CT molecular complexity index is 1150. The third-order valence-electron chi connectivity index (χ3n) is 6.36. The molecule has 0 aromatic heterocycles. The molecule has 1 fully saturated rings. The zero-order valence-electron chi connectivity index (χ0n) is 19.6. The predicted octanol–water partition coefficient (Wildman–Crippen LogP) is 3.98. The SMILES string of the molecule is C[C@H](NC(=O)c1ccccc1F)C(=O)Nc1ccc(C[C@@H]2CC[C@H](C(O)c3ccccc3)N2)cc1. The average molecular weight is 476 g/mol. The van der Waals surface area contributed by atoms with Gasteiger partial charge in [-0.15, -0.1) is 0 Å². The lowest BCUT2D eigenvalue weighted by atomic mass is 10.0. The zero-order chi connectivity index (χ0) is 24.8. The van der Waals surface area contributed by atoms with Crippen LogP contribution in [0.25, 0.3) is 0 Å². The number of carbonyl (C=O) groups is 2. The lowest BCUT2D eigenvalue weighted by Gasteiger charge is -2.20. The summed E-state index contributed by atoms with van der Waals surface area (Å²) >= 11 is 0. The van der Waals surface area contributed by atoms with Gasteiger partial charge in [0.25, 0.3) is 5.91 Å². The monoisotopic (exact) mass is 475 g/mol. The average Bonchev–Trinajstić information content (AvgIpc) is 3.34. The summed E-state index contributed by atoms with van der Waals surface area (Å²) < 4.78 is 13.8. The summed E-state index contributed by atoms with van der Waals surface area (Å²) in [6, 6.07) is 22.4. The fourth-order valence-corrected chi connectivity index (χ4v) is 4.39. The summed E-state index contributed by atoms with van der Waals surface area (Å²) in [7, 11) is 0. The quantitative estimate of drug-likeness (QED) is 0.397. The molecule has 0 bridgehead atoms.